The number of imidazole rings is 1. The molecule has 0 aliphatic rings. The minimum Gasteiger partial charge on any atom is -0.321 e. The lowest BCUT2D eigenvalue weighted by molar-refractivity contribution is 0.750. The fourth-order valence-corrected chi connectivity index (χ4v) is 3.34. The Kier molecular flexibility index (Phi) is 3.76. The first kappa shape index (κ1) is 13.6. The molecular weight excluding hydrogens is 290 g/mol. The van der Waals surface area contributed by atoms with Gasteiger partial charge in [0.05, 0.1) is 17.6 Å². The fourth-order valence-electron chi connectivity index (χ4n) is 2.40. The van der Waals surface area contributed by atoms with Crippen LogP contribution in [0, 0.1) is 13.8 Å². The van der Waals surface area contributed by atoms with Crippen LogP contribution in [0.4, 0.5) is 0 Å². The van der Waals surface area contributed by atoms with Gasteiger partial charge >= 0.3 is 0 Å². The Bertz CT molecular complexity index is 745. The van der Waals surface area contributed by atoms with Gasteiger partial charge in [-0.25, -0.2) is 9.97 Å². The predicted molar refractivity (Wildman–Crippen MR) is 84.8 cm³/mol. The lowest BCUT2D eigenvalue weighted by Crippen LogP contribution is -2.05. The Balaban J connectivity index is 2.11. The van der Waals surface area contributed by atoms with Crippen molar-refractivity contribution in [2.24, 2.45) is 0 Å². The van der Waals surface area contributed by atoms with Gasteiger partial charge in [0.2, 0.25) is 0 Å². The van der Waals surface area contributed by atoms with E-state index in [0.717, 1.165) is 34.8 Å². The fraction of sp³-hybridized carbons (Fsp3) is 0.333. The number of aromatic nitrogens is 3. The average molecular weight is 306 g/mol. The minimum absolute atomic E-state index is 0.583. The van der Waals surface area contributed by atoms with Gasteiger partial charge in [0, 0.05) is 23.4 Å². The number of thiazole rings is 1. The second-order valence-corrected chi connectivity index (χ2v) is 6.56. The zero-order chi connectivity index (χ0) is 14.1. The predicted octanol–water partition coefficient (Wildman–Crippen LogP) is 3.94. The lowest BCUT2D eigenvalue weighted by Gasteiger charge is -2.06. The Morgan fingerprint density at radius 2 is 2.15 bits per heavy atom. The van der Waals surface area contributed by atoms with Gasteiger partial charge in [-0.05, 0) is 25.5 Å². The minimum atomic E-state index is 0.583. The molecule has 0 aliphatic carbocycles. The number of aryl methyl sites for hydroxylation is 3. The quantitative estimate of drug-likeness (QED) is 0.684. The van der Waals surface area contributed by atoms with Crippen LogP contribution in [0.1, 0.15) is 21.3 Å². The normalized spacial score (nSPS) is 11.3. The molecule has 0 unspecified atom stereocenters. The molecule has 104 valence electrons. The van der Waals surface area contributed by atoms with Gasteiger partial charge in [-0.2, -0.15) is 0 Å². The van der Waals surface area contributed by atoms with E-state index in [1.165, 1.54) is 10.4 Å². The molecule has 0 bridgehead atoms. The van der Waals surface area contributed by atoms with Crippen LogP contribution in [-0.4, -0.2) is 20.4 Å². The van der Waals surface area contributed by atoms with E-state index in [1.54, 1.807) is 11.3 Å². The summed E-state index contributed by atoms with van der Waals surface area (Å²) in [5.41, 5.74) is 3.44. The van der Waals surface area contributed by atoms with Gasteiger partial charge in [0.25, 0.3) is 0 Å². The van der Waals surface area contributed by atoms with E-state index in [4.69, 9.17) is 16.6 Å². The van der Waals surface area contributed by atoms with Crippen LogP contribution < -0.4 is 0 Å². The standard InChI is InChI=1S/C15H16ClN3S/c1-10-4-3-5-12-15(10)18-13(6-7-16)19(12)9-14-17-8-11(2)20-14/h3-5,8H,6-7,9H2,1-2H3. The van der Waals surface area contributed by atoms with Crippen LogP contribution in [-0.2, 0) is 13.0 Å². The van der Waals surface area contributed by atoms with Gasteiger partial charge in [0.1, 0.15) is 10.8 Å². The van der Waals surface area contributed by atoms with Crippen LogP contribution in [0.2, 0.25) is 0 Å². The maximum atomic E-state index is 5.92. The Morgan fingerprint density at radius 3 is 2.85 bits per heavy atom. The summed E-state index contributed by atoms with van der Waals surface area (Å²) in [4.78, 5) is 10.5. The molecule has 0 N–H and O–H groups in total. The monoisotopic (exact) mass is 305 g/mol. The van der Waals surface area contributed by atoms with E-state index >= 15 is 0 Å². The van der Waals surface area contributed by atoms with E-state index in [2.05, 4.69) is 41.6 Å². The zero-order valence-electron chi connectivity index (χ0n) is 11.6. The molecule has 0 saturated carbocycles. The molecule has 3 aromatic rings. The largest absolute Gasteiger partial charge is 0.321 e. The van der Waals surface area contributed by atoms with Crippen molar-refractivity contribution in [3.63, 3.8) is 0 Å². The first-order valence-electron chi connectivity index (χ1n) is 6.61. The molecule has 0 atom stereocenters. The van der Waals surface area contributed by atoms with E-state index in [1.807, 2.05) is 6.20 Å². The highest BCUT2D eigenvalue weighted by Gasteiger charge is 2.13. The molecule has 1 aromatic carbocycles. The molecular formula is C15H16ClN3S. The molecule has 0 saturated heterocycles. The van der Waals surface area contributed by atoms with Gasteiger partial charge in [0.15, 0.2) is 0 Å². The second-order valence-electron chi connectivity index (χ2n) is 4.86. The number of nitrogens with zero attached hydrogens (tertiary/aromatic N) is 3. The van der Waals surface area contributed by atoms with E-state index in [9.17, 15) is 0 Å². The topological polar surface area (TPSA) is 30.7 Å². The van der Waals surface area contributed by atoms with Crippen molar-refractivity contribution in [1.29, 1.82) is 0 Å². The van der Waals surface area contributed by atoms with Gasteiger partial charge < -0.3 is 4.57 Å². The SMILES string of the molecule is Cc1cnc(Cn2c(CCCl)nc3c(C)cccc32)s1. The van der Waals surface area contributed by atoms with Crippen molar-refractivity contribution in [2.75, 3.05) is 5.88 Å². The molecule has 5 heteroatoms. The molecule has 0 radical (unpaired) electrons. The molecule has 0 fully saturated rings. The van der Waals surface area contributed by atoms with Crippen molar-refractivity contribution in [3.05, 3.63) is 45.7 Å². The number of halogens is 1. The first-order valence-corrected chi connectivity index (χ1v) is 7.96. The summed E-state index contributed by atoms with van der Waals surface area (Å²) < 4.78 is 2.24. The van der Waals surface area contributed by atoms with Crippen LogP contribution >= 0.6 is 22.9 Å². The summed E-state index contributed by atoms with van der Waals surface area (Å²) in [5.74, 6) is 1.62. The number of rotatable bonds is 4. The van der Waals surface area contributed by atoms with Crippen LogP contribution in [0.25, 0.3) is 11.0 Å². The third-order valence-corrected chi connectivity index (χ3v) is 4.43. The summed E-state index contributed by atoms with van der Waals surface area (Å²) in [6.45, 7) is 4.94. The second kappa shape index (κ2) is 5.54. The van der Waals surface area contributed by atoms with Crippen molar-refractivity contribution in [1.82, 2.24) is 14.5 Å². The molecule has 20 heavy (non-hydrogen) atoms. The highest BCUT2D eigenvalue weighted by Crippen LogP contribution is 2.23. The number of fused-ring (bicyclic) bond motifs is 1. The Hall–Kier alpha value is -1.39. The summed E-state index contributed by atoms with van der Waals surface area (Å²) in [6.07, 6.45) is 2.70. The molecule has 0 amide bonds. The third kappa shape index (κ3) is 2.45. The summed E-state index contributed by atoms with van der Waals surface area (Å²) in [6, 6.07) is 6.29. The van der Waals surface area contributed by atoms with Gasteiger partial charge in [-0.3, -0.25) is 0 Å². The van der Waals surface area contributed by atoms with E-state index < -0.39 is 0 Å². The number of alkyl halides is 1. The smallest absolute Gasteiger partial charge is 0.113 e. The first-order chi connectivity index (χ1) is 9.69. The zero-order valence-corrected chi connectivity index (χ0v) is 13.1. The molecule has 3 rings (SSSR count). The highest BCUT2D eigenvalue weighted by atomic mass is 35.5. The maximum absolute atomic E-state index is 5.92. The van der Waals surface area contributed by atoms with Gasteiger partial charge in [-0.1, -0.05) is 12.1 Å². The number of hydrogen-bond donors (Lipinski definition) is 0. The Labute approximate surface area is 127 Å². The molecule has 0 spiro atoms. The lowest BCUT2D eigenvalue weighted by atomic mass is 10.2. The third-order valence-electron chi connectivity index (χ3n) is 3.34. The highest BCUT2D eigenvalue weighted by molar-refractivity contribution is 7.11. The van der Waals surface area contributed by atoms with Crippen molar-refractivity contribution in [3.8, 4) is 0 Å². The number of benzene rings is 1. The van der Waals surface area contributed by atoms with E-state index in [0.29, 0.717) is 5.88 Å². The number of hydrogen-bond acceptors (Lipinski definition) is 3. The Morgan fingerprint density at radius 1 is 1.30 bits per heavy atom. The van der Waals surface area contributed by atoms with Crippen molar-refractivity contribution >= 4 is 34.0 Å². The summed E-state index contributed by atoms with van der Waals surface area (Å²) in [7, 11) is 0. The number of para-hydroxylation sites is 1. The van der Waals surface area contributed by atoms with Crippen molar-refractivity contribution < 1.29 is 0 Å². The molecule has 2 heterocycles. The van der Waals surface area contributed by atoms with Crippen LogP contribution in [0.15, 0.2) is 24.4 Å². The molecule has 3 nitrogen and oxygen atoms in total. The van der Waals surface area contributed by atoms with Gasteiger partial charge in [-0.15, -0.1) is 22.9 Å². The van der Waals surface area contributed by atoms with E-state index in [-0.39, 0.29) is 0 Å². The average Bonchev–Trinajstić information content (AvgIpc) is 2.97. The van der Waals surface area contributed by atoms with Crippen LogP contribution in [0.3, 0.4) is 0 Å². The maximum Gasteiger partial charge on any atom is 0.113 e. The summed E-state index contributed by atoms with van der Waals surface area (Å²) in [5, 5.41) is 1.11. The summed E-state index contributed by atoms with van der Waals surface area (Å²) >= 11 is 7.65. The molecule has 2 aromatic heterocycles. The van der Waals surface area contributed by atoms with Crippen LogP contribution in [0.5, 0.6) is 0 Å². The van der Waals surface area contributed by atoms with Crippen molar-refractivity contribution in [2.45, 2.75) is 26.8 Å². The molecule has 0 aliphatic heterocycles.